The first-order chi connectivity index (χ1) is 9.21. The SMILES string of the molecule is COc1cc(-n2nnnc2CCN)c(OC)cc1Cl. The average Bonchev–Trinajstić information content (AvgIpc) is 2.87. The first-order valence-corrected chi connectivity index (χ1v) is 5.98. The van der Waals surface area contributed by atoms with Crippen LogP contribution in [0.5, 0.6) is 11.5 Å². The molecule has 0 aliphatic rings. The molecule has 1 aromatic carbocycles. The highest BCUT2D eigenvalue weighted by Crippen LogP contribution is 2.34. The molecule has 0 bridgehead atoms. The van der Waals surface area contributed by atoms with Crippen LogP contribution in [0.4, 0.5) is 0 Å². The second-order valence-electron chi connectivity index (χ2n) is 3.70. The van der Waals surface area contributed by atoms with Crippen LogP contribution in [-0.2, 0) is 6.42 Å². The van der Waals surface area contributed by atoms with E-state index in [4.69, 9.17) is 26.8 Å². The summed E-state index contributed by atoms with van der Waals surface area (Å²) in [5.41, 5.74) is 6.18. The van der Waals surface area contributed by atoms with Gasteiger partial charge in [-0.2, -0.15) is 4.68 Å². The maximum atomic E-state index is 6.06. The fourth-order valence-electron chi connectivity index (χ4n) is 1.69. The molecule has 1 aromatic heterocycles. The van der Waals surface area contributed by atoms with Gasteiger partial charge in [0.1, 0.15) is 17.2 Å². The molecule has 1 heterocycles. The van der Waals surface area contributed by atoms with Crippen LogP contribution in [0.15, 0.2) is 12.1 Å². The summed E-state index contributed by atoms with van der Waals surface area (Å²) in [5.74, 6) is 1.72. The van der Waals surface area contributed by atoms with Crippen molar-refractivity contribution in [2.75, 3.05) is 20.8 Å². The van der Waals surface area contributed by atoms with Gasteiger partial charge in [0.2, 0.25) is 0 Å². The second-order valence-corrected chi connectivity index (χ2v) is 4.11. The Balaban J connectivity index is 2.56. The van der Waals surface area contributed by atoms with Gasteiger partial charge in [0, 0.05) is 18.6 Å². The van der Waals surface area contributed by atoms with Crippen molar-refractivity contribution in [1.29, 1.82) is 0 Å². The van der Waals surface area contributed by atoms with Crippen LogP contribution in [0.25, 0.3) is 5.69 Å². The summed E-state index contributed by atoms with van der Waals surface area (Å²) in [6.07, 6.45) is 0.557. The van der Waals surface area contributed by atoms with E-state index in [1.807, 2.05) is 0 Å². The smallest absolute Gasteiger partial charge is 0.158 e. The highest BCUT2D eigenvalue weighted by molar-refractivity contribution is 6.32. The van der Waals surface area contributed by atoms with Gasteiger partial charge in [-0.3, -0.25) is 0 Å². The molecule has 0 aliphatic carbocycles. The minimum absolute atomic E-state index is 0.452. The van der Waals surface area contributed by atoms with E-state index < -0.39 is 0 Å². The van der Waals surface area contributed by atoms with E-state index in [0.717, 1.165) is 0 Å². The summed E-state index contributed by atoms with van der Waals surface area (Å²) in [5, 5.41) is 12.0. The van der Waals surface area contributed by atoms with Gasteiger partial charge in [0.05, 0.1) is 19.2 Å². The lowest BCUT2D eigenvalue weighted by atomic mass is 10.2. The molecule has 2 aromatic rings. The number of hydrogen-bond acceptors (Lipinski definition) is 6. The van der Waals surface area contributed by atoms with E-state index in [2.05, 4.69) is 15.5 Å². The molecule has 0 saturated heterocycles. The van der Waals surface area contributed by atoms with Crippen molar-refractivity contribution < 1.29 is 9.47 Å². The number of hydrogen-bond donors (Lipinski definition) is 1. The third kappa shape index (κ3) is 2.61. The number of ether oxygens (including phenoxy) is 2. The Morgan fingerprint density at radius 1 is 1.26 bits per heavy atom. The normalized spacial score (nSPS) is 10.5. The maximum absolute atomic E-state index is 6.06. The first-order valence-electron chi connectivity index (χ1n) is 5.60. The standard InChI is InChI=1S/C11H14ClN5O2/c1-18-9-6-8(10(19-2)5-7(9)12)17-11(3-4-13)14-15-16-17/h5-6H,3-4,13H2,1-2H3. The minimum Gasteiger partial charge on any atom is -0.495 e. The molecule has 0 aliphatic heterocycles. The van der Waals surface area contributed by atoms with Gasteiger partial charge < -0.3 is 15.2 Å². The van der Waals surface area contributed by atoms with E-state index in [-0.39, 0.29) is 0 Å². The second kappa shape index (κ2) is 5.85. The zero-order valence-corrected chi connectivity index (χ0v) is 11.4. The molecule has 2 N–H and O–H groups in total. The summed E-state index contributed by atoms with van der Waals surface area (Å²) in [7, 11) is 3.09. The van der Waals surface area contributed by atoms with Gasteiger partial charge in [-0.25, -0.2) is 0 Å². The molecule has 0 spiro atoms. The molecule has 7 nitrogen and oxygen atoms in total. The van der Waals surface area contributed by atoms with Crippen molar-refractivity contribution in [2.24, 2.45) is 5.73 Å². The average molecular weight is 284 g/mol. The molecule has 0 fully saturated rings. The Morgan fingerprint density at radius 2 is 2.00 bits per heavy atom. The van der Waals surface area contributed by atoms with Crippen LogP contribution in [-0.4, -0.2) is 41.0 Å². The van der Waals surface area contributed by atoms with Crippen LogP contribution >= 0.6 is 11.6 Å². The Hall–Kier alpha value is -1.86. The van der Waals surface area contributed by atoms with E-state index in [9.17, 15) is 0 Å². The number of nitrogens with zero attached hydrogens (tertiary/aromatic N) is 4. The highest BCUT2D eigenvalue weighted by Gasteiger charge is 2.16. The van der Waals surface area contributed by atoms with E-state index in [1.165, 1.54) is 7.11 Å². The van der Waals surface area contributed by atoms with E-state index in [0.29, 0.717) is 41.0 Å². The number of nitrogens with two attached hydrogens (primary N) is 1. The lowest BCUT2D eigenvalue weighted by Gasteiger charge is -2.12. The Bertz CT molecular complexity index is 572. The van der Waals surface area contributed by atoms with Crippen LogP contribution in [0.2, 0.25) is 5.02 Å². The summed E-state index contributed by atoms with van der Waals surface area (Å²) >= 11 is 6.06. The molecule has 102 valence electrons. The van der Waals surface area contributed by atoms with Crippen LogP contribution < -0.4 is 15.2 Å². The summed E-state index contributed by atoms with van der Waals surface area (Å²) < 4.78 is 12.0. The fourth-order valence-corrected chi connectivity index (χ4v) is 1.92. The summed E-state index contributed by atoms with van der Waals surface area (Å²) in [6.45, 7) is 0.452. The molecular formula is C11H14ClN5O2. The van der Waals surface area contributed by atoms with Gasteiger partial charge in [0.25, 0.3) is 0 Å². The molecule has 0 amide bonds. The monoisotopic (exact) mass is 283 g/mol. The number of halogens is 1. The van der Waals surface area contributed by atoms with Crippen molar-refractivity contribution in [3.8, 4) is 17.2 Å². The molecule has 19 heavy (non-hydrogen) atoms. The van der Waals surface area contributed by atoms with Crippen molar-refractivity contribution in [3.63, 3.8) is 0 Å². The summed E-state index contributed by atoms with van der Waals surface area (Å²) in [4.78, 5) is 0. The fraction of sp³-hybridized carbons (Fsp3) is 0.364. The topological polar surface area (TPSA) is 88.1 Å². The molecule has 2 rings (SSSR count). The lowest BCUT2D eigenvalue weighted by Crippen LogP contribution is -2.11. The van der Waals surface area contributed by atoms with Crippen molar-refractivity contribution in [3.05, 3.63) is 23.0 Å². The predicted octanol–water partition coefficient (Wildman–Crippen LogP) is 0.834. The third-order valence-corrected chi connectivity index (χ3v) is 2.88. The molecule has 0 radical (unpaired) electrons. The number of aromatic nitrogens is 4. The van der Waals surface area contributed by atoms with Crippen molar-refractivity contribution in [2.45, 2.75) is 6.42 Å². The van der Waals surface area contributed by atoms with E-state index >= 15 is 0 Å². The molecule has 0 atom stereocenters. The number of rotatable bonds is 5. The zero-order chi connectivity index (χ0) is 13.8. The van der Waals surface area contributed by atoms with E-state index in [1.54, 1.807) is 23.9 Å². The molecule has 0 saturated carbocycles. The number of tetrazole rings is 1. The quantitative estimate of drug-likeness (QED) is 0.874. The van der Waals surface area contributed by atoms with Crippen molar-refractivity contribution in [1.82, 2.24) is 20.2 Å². The molecule has 0 unspecified atom stereocenters. The lowest BCUT2D eigenvalue weighted by molar-refractivity contribution is 0.400. The van der Waals surface area contributed by atoms with Crippen LogP contribution in [0.1, 0.15) is 5.82 Å². The van der Waals surface area contributed by atoms with Crippen LogP contribution in [0.3, 0.4) is 0 Å². The van der Waals surface area contributed by atoms with Crippen LogP contribution in [0, 0.1) is 0 Å². The van der Waals surface area contributed by atoms with Gasteiger partial charge in [-0.1, -0.05) is 11.6 Å². The zero-order valence-electron chi connectivity index (χ0n) is 10.6. The molecular weight excluding hydrogens is 270 g/mol. The van der Waals surface area contributed by atoms with Gasteiger partial charge in [-0.05, 0) is 17.0 Å². The van der Waals surface area contributed by atoms with Crippen molar-refractivity contribution >= 4 is 11.6 Å². The third-order valence-electron chi connectivity index (χ3n) is 2.58. The van der Waals surface area contributed by atoms with Gasteiger partial charge in [-0.15, -0.1) is 5.10 Å². The largest absolute Gasteiger partial charge is 0.495 e. The summed E-state index contributed by atoms with van der Waals surface area (Å²) in [6, 6.07) is 3.38. The Labute approximate surface area is 115 Å². The number of benzene rings is 1. The molecule has 8 heteroatoms. The number of methoxy groups -OCH3 is 2. The maximum Gasteiger partial charge on any atom is 0.158 e. The first kappa shape index (κ1) is 13.6. The predicted molar refractivity (Wildman–Crippen MR) is 70.0 cm³/mol. The van der Waals surface area contributed by atoms with Gasteiger partial charge >= 0.3 is 0 Å². The highest BCUT2D eigenvalue weighted by atomic mass is 35.5. The Kier molecular flexibility index (Phi) is 4.18. The van der Waals surface area contributed by atoms with Gasteiger partial charge in [0.15, 0.2) is 5.82 Å². The minimum atomic E-state index is 0.452. The Morgan fingerprint density at radius 3 is 2.63 bits per heavy atom.